The van der Waals surface area contributed by atoms with Crippen molar-refractivity contribution in [1.82, 2.24) is 0 Å². The molecule has 0 heterocycles. The number of methoxy groups -OCH3 is 2. The molecule has 0 spiro atoms. The molecule has 2 aromatic rings. The number of aliphatic hydroxyl groups excluding tert-OH is 1. The summed E-state index contributed by atoms with van der Waals surface area (Å²) in [5, 5.41) is 13.0. The second-order valence-corrected chi connectivity index (χ2v) is 5.22. The Bertz CT molecular complexity index is 688. The zero-order valence-electron chi connectivity index (χ0n) is 13.6. The van der Waals surface area contributed by atoms with Crippen molar-refractivity contribution in [2.24, 2.45) is 0 Å². The van der Waals surface area contributed by atoms with Gasteiger partial charge >= 0.3 is 0 Å². The minimum atomic E-state index is -0.843. The van der Waals surface area contributed by atoms with Gasteiger partial charge in [0.2, 0.25) is 5.91 Å². The van der Waals surface area contributed by atoms with Crippen LogP contribution in [0, 0.1) is 5.82 Å². The van der Waals surface area contributed by atoms with Crippen LogP contribution in [-0.4, -0.2) is 25.2 Å². The fraction of sp³-hybridized carbons (Fsp3) is 0.278. The van der Waals surface area contributed by atoms with E-state index in [4.69, 9.17) is 9.47 Å². The van der Waals surface area contributed by atoms with Crippen molar-refractivity contribution in [3.05, 3.63) is 53.8 Å². The Kier molecular flexibility index (Phi) is 6.14. The molecule has 1 unspecified atom stereocenters. The molecule has 2 rings (SSSR count). The van der Waals surface area contributed by atoms with Gasteiger partial charge in [0, 0.05) is 23.7 Å². The number of nitrogens with one attached hydrogen (secondary N) is 1. The van der Waals surface area contributed by atoms with E-state index < -0.39 is 6.10 Å². The highest BCUT2D eigenvalue weighted by Crippen LogP contribution is 2.31. The Morgan fingerprint density at radius 3 is 2.50 bits per heavy atom. The first-order valence-corrected chi connectivity index (χ1v) is 7.49. The molecule has 1 amide bonds. The topological polar surface area (TPSA) is 67.8 Å². The van der Waals surface area contributed by atoms with Crippen molar-refractivity contribution in [1.29, 1.82) is 0 Å². The van der Waals surface area contributed by atoms with Crippen LogP contribution in [-0.2, 0) is 4.79 Å². The molecule has 0 aromatic heterocycles. The zero-order chi connectivity index (χ0) is 17.5. The van der Waals surface area contributed by atoms with Crippen molar-refractivity contribution in [3.8, 4) is 11.5 Å². The number of carbonyl (C=O) groups is 1. The summed E-state index contributed by atoms with van der Waals surface area (Å²) in [6, 6.07) is 10.6. The molecular weight excluding hydrogens is 313 g/mol. The smallest absolute Gasteiger partial charge is 0.224 e. The second-order valence-electron chi connectivity index (χ2n) is 5.22. The summed E-state index contributed by atoms with van der Waals surface area (Å²) >= 11 is 0. The van der Waals surface area contributed by atoms with Crippen LogP contribution in [0.4, 0.5) is 10.1 Å². The van der Waals surface area contributed by atoms with Gasteiger partial charge in [0.05, 0.1) is 20.3 Å². The molecule has 2 aromatic carbocycles. The average Bonchev–Trinajstić information content (AvgIpc) is 2.61. The van der Waals surface area contributed by atoms with E-state index in [1.54, 1.807) is 25.3 Å². The Balaban J connectivity index is 1.93. The number of hydrogen-bond donors (Lipinski definition) is 2. The minimum absolute atomic E-state index is 0.119. The van der Waals surface area contributed by atoms with E-state index in [-0.39, 0.29) is 24.6 Å². The van der Waals surface area contributed by atoms with Crippen LogP contribution in [0.25, 0.3) is 0 Å². The summed E-state index contributed by atoms with van der Waals surface area (Å²) in [6.07, 6.45) is -0.492. The number of carbonyl (C=O) groups excluding carboxylic acids is 1. The van der Waals surface area contributed by atoms with E-state index in [2.05, 4.69) is 5.32 Å². The fourth-order valence-electron chi connectivity index (χ4n) is 2.27. The summed E-state index contributed by atoms with van der Waals surface area (Å²) < 4.78 is 23.2. The van der Waals surface area contributed by atoms with Gasteiger partial charge in [0.15, 0.2) is 0 Å². The molecule has 0 aliphatic heterocycles. The lowest BCUT2D eigenvalue weighted by molar-refractivity contribution is -0.116. The Morgan fingerprint density at radius 1 is 1.17 bits per heavy atom. The maximum Gasteiger partial charge on any atom is 0.224 e. The summed E-state index contributed by atoms with van der Waals surface area (Å²) in [5.74, 6) is 0.501. The molecule has 6 heteroatoms. The van der Waals surface area contributed by atoms with Crippen LogP contribution in [0.2, 0.25) is 0 Å². The first-order valence-electron chi connectivity index (χ1n) is 7.49. The van der Waals surface area contributed by atoms with Crippen molar-refractivity contribution >= 4 is 11.6 Å². The van der Waals surface area contributed by atoms with Crippen LogP contribution >= 0.6 is 0 Å². The lowest BCUT2D eigenvalue weighted by Crippen LogP contribution is -2.13. The fourth-order valence-corrected chi connectivity index (χ4v) is 2.27. The van der Waals surface area contributed by atoms with Gasteiger partial charge in [-0.3, -0.25) is 4.79 Å². The maximum atomic E-state index is 12.8. The highest BCUT2D eigenvalue weighted by atomic mass is 19.1. The second kappa shape index (κ2) is 8.31. The van der Waals surface area contributed by atoms with Gasteiger partial charge < -0.3 is 19.9 Å². The lowest BCUT2D eigenvalue weighted by atomic mass is 10.0. The number of ether oxygens (including phenoxy) is 2. The van der Waals surface area contributed by atoms with Gasteiger partial charge in [-0.15, -0.1) is 0 Å². The summed E-state index contributed by atoms with van der Waals surface area (Å²) in [6.45, 7) is 0. The molecule has 0 saturated carbocycles. The van der Waals surface area contributed by atoms with Crippen molar-refractivity contribution in [2.75, 3.05) is 19.5 Å². The van der Waals surface area contributed by atoms with Crippen molar-refractivity contribution < 1.29 is 23.8 Å². The van der Waals surface area contributed by atoms with Gasteiger partial charge in [-0.2, -0.15) is 0 Å². The van der Waals surface area contributed by atoms with E-state index in [0.717, 1.165) is 0 Å². The van der Waals surface area contributed by atoms with E-state index in [1.165, 1.54) is 31.4 Å². The van der Waals surface area contributed by atoms with Crippen LogP contribution in [0.3, 0.4) is 0 Å². The number of aliphatic hydroxyl groups is 1. The minimum Gasteiger partial charge on any atom is -0.497 e. The van der Waals surface area contributed by atoms with Gasteiger partial charge in [0.1, 0.15) is 17.3 Å². The summed E-state index contributed by atoms with van der Waals surface area (Å²) in [4.78, 5) is 11.9. The Labute approximate surface area is 140 Å². The van der Waals surface area contributed by atoms with E-state index in [1.807, 2.05) is 0 Å². The van der Waals surface area contributed by atoms with Crippen LogP contribution in [0.5, 0.6) is 11.5 Å². The normalized spacial score (nSPS) is 11.7. The first kappa shape index (κ1) is 17.7. The molecule has 128 valence electrons. The first-order chi connectivity index (χ1) is 11.5. The largest absolute Gasteiger partial charge is 0.497 e. The highest BCUT2D eigenvalue weighted by Gasteiger charge is 2.16. The third-order valence-electron chi connectivity index (χ3n) is 3.57. The number of anilines is 1. The van der Waals surface area contributed by atoms with E-state index in [9.17, 15) is 14.3 Å². The number of hydrogen-bond acceptors (Lipinski definition) is 4. The monoisotopic (exact) mass is 333 g/mol. The number of benzene rings is 2. The third kappa shape index (κ3) is 4.70. The standard InChI is InChI=1S/C18H20FNO4/c1-23-14-7-8-15(17(11-14)24-2)16(21)9-10-18(22)20-13-5-3-12(19)4-6-13/h3-8,11,16,21H,9-10H2,1-2H3,(H,20,22). The summed E-state index contributed by atoms with van der Waals surface area (Å²) in [5.41, 5.74) is 1.10. The number of amides is 1. The van der Waals surface area contributed by atoms with Gasteiger partial charge in [-0.25, -0.2) is 4.39 Å². The Hall–Kier alpha value is -2.60. The molecule has 0 radical (unpaired) electrons. The van der Waals surface area contributed by atoms with Crippen LogP contribution < -0.4 is 14.8 Å². The molecule has 1 atom stereocenters. The molecule has 0 aliphatic carbocycles. The predicted octanol–water partition coefficient (Wildman–Crippen LogP) is 3.30. The van der Waals surface area contributed by atoms with Gasteiger partial charge in [-0.1, -0.05) is 0 Å². The third-order valence-corrected chi connectivity index (χ3v) is 3.57. The lowest BCUT2D eigenvalue weighted by Gasteiger charge is -2.15. The van der Waals surface area contributed by atoms with Gasteiger partial charge in [-0.05, 0) is 42.8 Å². The molecule has 24 heavy (non-hydrogen) atoms. The number of rotatable bonds is 7. The van der Waals surface area contributed by atoms with Gasteiger partial charge in [0.25, 0.3) is 0 Å². The molecule has 0 saturated heterocycles. The molecular formula is C18H20FNO4. The van der Waals surface area contributed by atoms with Crippen molar-refractivity contribution in [2.45, 2.75) is 18.9 Å². The van der Waals surface area contributed by atoms with E-state index in [0.29, 0.717) is 22.7 Å². The van der Waals surface area contributed by atoms with Crippen molar-refractivity contribution in [3.63, 3.8) is 0 Å². The number of halogens is 1. The van der Waals surface area contributed by atoms with Crippen LogP contribution in [0.1, 0.15) is 24.5 Å². The zero-order valence-corrected chi connectivity index (χ0v) is 13.6. The molecule has 0 aliphatic rings. The van der Waals surface area contributed by atoms with Crippen LogP contribution in [0.15, 0.2) is 42.5 Å². The summed E-state index contributed by atoms with van der Waals surface area (Å²) in [7, 11) is 3.05. The predicted molar refractivity (Wildman–Crippen MR) is 88.8 cm³/mol. The Morgan fingerprint density at radius 2 is 1.88 bits per heavy atom. The SMILES string of the molecule is COc1ccc(C(O)CCC(=O)Nc2ccc(F)cc2)c(OC)c1. The molecule has 5 nitrogen and oxygen atoms in total. The maximum absolute atomic E-state index is 12.8. The average molecular weight is 333 g/mol. The highest BCUT2D eigenvalue weighted by molar-refractivity contribution is 5.90. The van der Waals surface area contributed by atoms with E-state index >= 15 is 0 Å². The molecule has 0 fully saturated rings. The molecule has 2 N–H and O–H groups in total. The quantitative estimate of drug-likeness (QED) is 0.816. The molecule has 0 bridgehead atoms.